The average Bonchev–Trinajstić information content (AvgIpc) is 2.57. The topological polar surface area (TPSA) is 66.8 Å². The number of methoxy groups -OCH3 is 1. The molecule has 1 N–H and O–H groups in total. The Balaban J connectivity index is 2.18. The fourth-order valence-electron chi connectivity index (χ4n) is 3.42. The monoisotopic (exact) mass is 361 g/mol. The maximum atomic E-state index is 13.4. The van der Waals surface area contributed by atoms with Gasteiger partial charge in [0, 0.05) is 12.1 Å². The molecule has 0 bridgehead atoms. The van der Waals surface area contributed by atoms with Crippen LogP contribution in [0.25, 0.3) is 0 Å². The Morgan fingerprint density at radius 3 is 2.52 bits per heavy atom. The third-order valence-corrected chi connectivity index (χ3v) is 6.68. The Morgan fingerprint density at radius 2 is 1.84 bits per heavy atom. The number of anilines is 1. The van der Waals surface area contributed by atoms with E-state index in [9.17, 15) is 13.5 Å². The quantitative estimate of drug-likeness (QED) is 0.911. The lowest BCUT2D eigenvalue weighted by Crippen LogP contribution is -2.37. The third-order valence-electron chi connectivity index (χ3n) is 4.74. The van der Waals surface area contributed by atoms with Gasteiger partial charge in [0.25, 0.3) is 10.0 Å². The highest BCUT2D eigenvalue weighted by Crippen LogP contribution is 2.40. The van der Waals surface area contributed by atoms with Gasteiger partial charge in [0.15, 0.2) is 0 Å². The molecule has 25 heavy (non-hydrogen) atoms. The molecule has 0 aliphatic carbocycles. The van der Waals surface area contributed by atoms with E-state index in [0.717, 1.165) is 11.1 Å². The number of para-hydroxylation sites is 1. The maximum absolute atomic E-state index is 13.4. The minimum atomic E-state index is -3.73. The Kier molecular flexibility index (Phi) is 4.51. The fourth-order valence-corrected chi connectivity index (χ4v) is 5.28. The van der Waals surface area contributed by atoms with Crippen LogP contribution in [0.3, 0.4) is 0 Å². The molecule has 1 aliphatic rings. The zero-order valence-corrected chi connectivity index (χ0v) is 15.7. The number of hydrogen-bond acceptors (Lipinski definition) is 4. The number of hydrogen-bond donors (Lipinski definition) is 1. The standard InChI is InChI=1S/C19H23NO4S/c1-12-6-5-7-15-16(21)8-9-20(19(12)15)25(22,23)18-11-13(2)17(24-4)10-14(18)3/h5-7,10-11,16,21H,8-9H2,1-4H3. The van der Waals surface area contributed by atoms with Crippen molar-refractivity contribution in [2.75, 3.05) is 18.0 Å². The average molecular weight is 361 g/mol. The molecule has 1 unspecified atom stereocenters. The van der Waals surface area contributed by atoms with Gasteiger partial charge in [0.2, 0.25) is 0 Å². The molecule has 134 valence electrons. The molecule has 2 aromatic carbocycles. The van der Waals surface area contributed by atoms with Gasteiger partial charge in [-0.2, -0.15) is 0 Å². The van der Waals surface area contributed by atoms with Crippen LogP contribution >= 0.6 is 0 Å². The molecule has 1 heterocycles. The highest BCUT2D eigenvalue weighted by molar-refractivity contribution is 7.92. The summed E-state index contributed by atoms with van der Waals surface area (Å²) >= 11 is 0. The molecule has 5 nitrogen and oxygen atoms in total. The smallest absolute Gasteiger partial charge is 0.264 e. The Bertz CT molecular complexity index is 921. The van der Waals surface area contributed by atoms with Crippen molar-refractivity contribution in [3.05, 3.63) is 52.6 Å². The number of benzene rings is 2. The zero-order chi connectivity index (χ0) is 18.4. The van der Waals surface area contributed by atoms with E-state index in [0.29, 0.717) is 29.0 Å². The van der Waals surface area contributed by atoms with Crippen molar-refractivity contribution < 1.29 is 18.3 Å². The molecular weight excluding hydrogens is 338 g/mol. The lowest BCUT2D eigenvalue weighted by atomic mass is 9.98. The van der Waals surface area contributed by atoms with Crippen molar-refractivity contribution in [1.82, 2.24) is 0 Å². The first-order valence-corrected chi connectivity index (χ1v) is 9.67. The van der Waals surface area contributed by atoms with E-state index in [1.54, 1.807) is 32.2 Å². The highest BCUT2D eigenvalue weighted by atomic mass is 32.2. The van der Waals surface area contributed by atoms with E-state index in [2.05, 4.69) is 0 Å². The van der Waals surface area contributed by atoms with Crippen LogP contribution in [0.1, 0.15) is 34.8 Å². The molecule has 0 saturated carbocycles. The number of nitrogens with zero attached hydrogens (tertiary/aromatic N) is 1. The van der Waals surface area contributed by atoms with Crippen LogP contribution in [0.2, 0.25) is 0 Å². The molecule has 0 spiro atoms. The summed E-state index contributed by atoms with van der Waals surface area (Å²) in [6.45, 7) is 5.72. The van der Waals surface area contributed by atoms with Gasteiger partial charge < -0.3 is 9.84 Å². The highest BCUT2D eigenvalue weighted by Gasteiger charge is 2.34. The van der Waals surface area contributed by atoms with E-state index >= 15 is 0 Å². The second kappa shape index (κ2) is 6.35. The van der Waals surface area contributed by atoms with Crippen LogP contribution in [0.4, 0.5) is 5.69 Å². The second-order valence-electron chi connectivity index (χ2n) is 6.48. The van der Waals surface area contributed by atoms with E-state index in [-0.39, 0.29) is 11.4 Å². The van der Waals surface area contributed by atoms with Crippen LogP contribution < -0.4 is 9.04 Å². The van der Waals surface area contributed by atoms with Crippen LogP contribution in [0.15, 0.2) is 35.2 Å². The van der Waals surface area contributed by atoms with Crippen LogP contribution in [-0.2, 0) is 10.0 Å². The zero-order valence-electron chi connectivity index (χ0n) is 14.9. The summed E-state index contributed by atoms with van der Waals surface area (Å²) < 4.78 is 33.5. The molecule has 2 aromatic rings. The lowest BCUT2D eigenvalue weighted by molar-refractivity contribution is 0.166. The molecule has 6 heteroatoms. The Labute approximate surface area is 148 Å². The predicted octanol–water partition coefficient (Wildman–Crippen LogP) is 3.25. The van der Waals surface area contributed by atoms with Crippen molar-refractivity contribution in [3.63, 3.8) is 0 Å². The number of fused-ring (bicyclic) bond motifs is 1. The van der Waals surface area contributed by atoms with Crippen molar-refractivity contribution in [3.8, 4) is 5.75 Å². The Morgan fingerprint density at radius 1 is 1.12 bits per heavy atom. The van der Waals surface area contributed by atoms with E-state index < -0.39 is 16.1 Å². The van der Waals surface area contributed by atoms with Crippen LogP contribution in [-0.4, -0.2) is 27.2 Å². The SMILES string of the molecule is COc1cc(C)c(S(=O)(=O)N2CCC(O)c3cccc(C)c32)cc1C. The minimum Gasteiger partial charge on any atom is -0.496 e. The summed E-state index contributed by atoms with van der Waals surface area (Å²) in [6, 6.07) is 8.91. The van der Waals surface area contributed by atoms with E-state index in [1.165, 1.54) is 4.31 Å². The third kappa shape index (κ3) is 2.89. The van der Waals surface area contributed by atoms with E-state index in [1.807, 2.05) is 26.0 Å². The van der Waals surface area contributed by atoms with Gasteiger partial charge in [-0.3, -0.25) is 4.31 Å². The number of aliphatic hydroxyl groups excluding tert-OH is 1. The molecule has 0 aromatic heterocycles. The molecule has 0 amide bonds. The lowest BCUT2D eigenvalue weighted by Gasteiger charge is -2.34. The molecule has 0 fully saturated rings. The number of ether oxygens (including phenoxy) is 1. The van der Waals surface area contributed by atoms with Gasteiger partial charge >= 0.3 is 0 Å². The largest absolute Gasteiger partial charge is 0.496 e. The molecule has 1 atom stereocenters. The van der Waals surface area contributed by atoms with Crippen molar-refractivity contribution >= 4 is 15.7 Å². The summed E-state index contributed by atoms with van der Waals surface area (Å²) in [5, 5.41) is 10.3. The first kappa shape index (κ1) is 17.8. The van der Waals surface area contributed by atoms with Gasteiger partial charge in [-0.05, 0) is 56.0 Å². The summed E-state index contributed by atoms with van der Waals surface area (Å²) in [7, 11) is -2.16. The first-order valence-electron chi connectivity index (χ1n) is 8.23. The van der Waals surface area contributed by atoms with Crippen LogP contribution in [0, 0.1) is 20.8 Å². The van der Waals surface area contributed by atoms with Gasteiger partial charge in [0.1, 0.15) is 5.75 Å². The second-order valence-corrected chi connectivity index (χ2v) is 8.31. The number of sulfonamides is 1. The van der Waals surface area contributed by atoms with Crippen molar-refractivity contribution in [2.45, 2.75) is 38.2 Å². The van der Waals surface area contributed by atoms with Gasteiger partial charge in [-0.25, -0.2) is 8.42 Å². The molecule has 3 rings (SSSR count). The number of aryl methyl sites for hydroxylation is 3. The summed E-state index contributed by atoms with van der Waals surface area (Å²) in [6.07, 6.45) is -0.260. The van der Waals surface area contributed by atoms with Crippen LogP contribution in [0.5, 0.6) is 5.75 Å². The molecular formula is C19H23NO4S. The minimum absolute atomic E-state index is 0.256. The molecule has 0 radical (unpaired) electrons. The van der Waals surface area contributed by atoms with Crippen molar-refractivity contribution in [1.29, 1.82) is 0 Å². The van der Waals surface area contributed by atoms with E-state index in [4.69, 9.17) is 4.74 Å². The van der Waals surface area contributed by atoms with Crippen molar-refractivity contribution in [2.24, 2.45) is 0 Å². The molecule has 1 aliphatic heterocycles. The summed E-state index contributed by atoms with van der Waals surface area (Å²) in [4.78, 5) is 0.274. The Hall–Kier alpha value is -2.05. The van der Waals surface area contributed by atoms with Gasteiger partial charge in [-0.15, -0.1) is 0 Å². The van der Waals surface area contributed by atoms with Gasteiger partial charge in [-0.1, -0.05) is 18.2 Å². The predicted molar refractivity (Wildman–Crippen MR) is 97.8 cm³/mol. The number of rotatable bonds is 3. The molecule has 0 saturated heterocycles. The fraction of sp³-hybridized carbons (Fsp3) is 0.368. The number of aliphatic hydroxyl groups is 1. The maximum Gasteiger partial charge on any atom is 0.264 e. The summed E-state index contributed by atoms with van der Waals surface area (Å²) in [5.41, 5.74) is 3.51. The first-order chi connectivity index (χ1) is 11.8. The van der Waals surface area contributed by atoms with Gasteiger partial charge in [0.05, 0.1) is 23.8 Å². The summed E-state index contributed by atoms with van der Waals surface area (Å²) in [5.74, 6) is 0.669. The normalized spacial score (nSPS) is 17.3.